The zero-order valence-electron chi connectivity index (χ0n) is 20.1. The lowest BCUT2D eigenvalue weighted by Gasteiger charge is -2.17. The van der Waals surface area contributed by atoms with Gasteiger partial charge in [-0.2, -0.15) is 4.98 Å². The van der Waals surface area contributed by atoms with Crippen LogP contribution in [0.4, 0.5) is 21.6 Å². The Bertz CT molecular complexity index is 1250. The van der Waals surface area contributed by atoms with E-state index in [0.717, 1.165) is 12.2 Å². The minimum absolute atomic E-state index is 0.0398. The lowest BCUT2D eigenvalue weighted by atomic mass is 10.2. The number of halogens is 2. The molecule has 0 radical (unpaired) electrons. The van der Waals surface area contributed by atoms with Crippen LogP contribution in [0.15, 0.2) is 48.8 Å². The fraction of sp³-hybridized carbons (Fsp3) is 0.320. The minimum Gasteiger partial charge on any atom is -0.487 e. The van der Waals surface area contributed by atoms with Crippen molar-refractivity contribution in [2.75, 3.05) is 29.6 Å². The predicted molar refractivity (Wildman–Crippen MR) is 148 cm³/mol. The van der Waals surface area contributed by atoms with E-state index in [1.54, 1.807) is 51.9 Å². The monoisotopic (exact) mass is 580 g/mol. The fourth-order valence-corrected chi connectivity index (χ4v) is 6.57. The van der Waals surface area contributed by atoms with E-state index in [4.69, 9.17) is 26.2 Å². The lowest BCUT2D eigenvalue weighted by molar-refractivity contribution is -0.116. The molecule has 1 saturated heterocycles. The Hall–Kier alpha value is -2.77. The highest BCUT2D eigenvalue weighted by atomic mass is 35.5. The molecule has 1 aromatic heterocycles. The Labute approximate surface area is 231 Å². The Morgan fingerprint density at radius 3 is 2.84 bits per heavy atom. The molecule has 0 aliphatic carbocycles. The molecular weight excluding hydrogens is 555 g/mol. The van der Waals surface area contributed by atoms with Gasteiger partial charge >= 0.3 is 0 Å². The van der Waals surface area contributed by atoms with Crippen LogP contribution < -0.4 is 20.1 Å². The van der Waals surface area contributed by atoms with Crippen LogP contribution in [0, 0.1) is 5.82 Å². The van der Waals surface area contributed by atoms with Crippen molar-refractivity contribution >= 4 is 56.3 Å². The number of nitrogens with zero attached hydrogens (tertiary/aromatic N) is 2. The molecule has 1 aliphatic heterocycles. The summed E-state index contributed by atoms with van der Waals surface area (Å²) in [5, 5.41) is 25.3. The zero-order chi connectivity index (χ0) is 26.9. The van der Waals surface area contributed by atoms with E-state index in [0.29, 0.717) is 28.4 Å². The number of nitrogens with one attached hydrogen (secondary N) is 2. The average molecular weight is 581 g/mol. The maximum Gasteiger partial charge on any atom is 0.243 e. The number of rotatable bonds is 12. The van der Waals surface area contributed by atoms with E-state index in [1.807, 2.05) is 0 Å². The molecule has 2 atom stereocenters. The summed E-state index contributed by atoms with van der Waals surface area (Å²) in [6, 6.07) is 11.1. The van der Waals surface area contributed by atoms with Crippen LogP contribution in [0.2, 0.25) is 5.02 Å². The molecular formula is C25H26ClFN4O5S2. The standard InChI is InChI=1S/C25H26ClFN4O5S2/c26-20-9-17(4-5-21(20)35-12-15-2-1-3-16(27)8-15)30-24-23(31-22(34)10-19-6-7-37-38-19)25(29-14-28-24)36-13-18(33)11-32/h1-5,8-9,14,18-19,32-33H,6-7,10-13H2,(H,31,34)(H,28,29,30)/t18?,19-/m1/s1. The molecule has 1 amide bonds. The van der Waals surface area contributed by atoms with Crippen molar-refractivity contribution in [2.24, 2.45) is 0 Å². The summed E-state index contributed by atoms with van der Waals surface area (Å²) in [7, 11) is 3.43. The van der Waals surface area contributed by atoms with Crippen molar-refractivity contribution in [3.63, 3.8) is 0 Å². The summed E-state index contributed by atoms with van der Waals surface area (Å²) in [4.78, 5) is 21.2. The number of hydrogen-bond donors (Lipinski definition) is 4. The molecule has 4 rings (SSSR count). The molecule has 202 valence electrons. The van der Waals surface area contributed by atoms with Gasteiger partial charge in [-0.1, -0.05) is 45.3 Å². The number of ether oxygens (including phenoxy) is 2. The first kappa shape index (κ1) is 28.2. The van der Waals surface area contributed by atoms with E-state index >= 15 is 0 Å². The molecule has 1 aliphatic rings. The second kappa shape index (κ2) is 13.9. The van der Waals surface area contributed by atoms with Crippen LogP contribution in [0.3, 0.4) is 0 Å². The number of aliphatic hydroxyl groups excluding tert-OH is 2. The highest BCUT2D eigenvalue weighted by molar-refractivity contribution is 8.77. The SMILES string of the molecule is O=C(C[C@H]1CCSS1)Nc1c(Nc2ccc(OCc3cccc(F)c3)c(Cl)c2)ncnc1OCC(O)CO. The Balaban J connectivity index is 1.50. The molecule has 3 aromatic rings. The van der Waals surface area contributed by atoms with Crippen molar-refractivity contribution in [3.05, 3.63) is 65.2 Å². The van der Waals surface area contributed by atoms with E-state index in [1.165, 1.54) is 18.5 Å². The van der Waals surface area contributed by atoms with Gasteiger partial charge < -0.3 is 30.3 Å². The summed E-state index contributed by atoms with van der Waals surface area (Å²) >= 11 is 6.42. The van der Waals surface area contributed by atoms with Gasteiger partial charge in [0.05, 0.1) is 11.6 Å². The van der Waals surface area contributed by atoms with E-state index in [9.17, 15) is 14.3 Å². The van der Waals surface area contributed by atoms with E-state index in [2.05, 4.69) is 20.6 Å². The third kappa shape index (κ3) is 8.11. The molecule has 2 heterocycles. The normalized spacial score (nSPS) is 15.6. The van der Waals surface area contributed by atoms with Crippen LogP contribution in [-0.4, -0.2) is 56.4 Å². The summed E-state index contributed by atoms with van der Waals surface area (Å²) in [6.45, 7) is -0.570. The number of aromatic nitrogens is 2. The van der Waals surface area contributed by atoms with Crippen LogP contribution in [0.1, 0.15) is 18.4 Å². The van der Waals surface area contributed by atoms with Gasteiger partial charge in [0, 0.05) is 23.1 Å². The zero-order valence-corrected chi connectivity index (χ0v) is 22.5. The second-order valence-corrected chi connectivity index (χ2v) is 11.5. The van der Waals surface area contributed by atoms with Gasteiger partial charge in [-0.25, -0.2) is 9.37 Å². The van der Waals surface area contributed by atoms with Crippen LogP contribution in [-0.2, 0) is 11.4 Å². The molecule has 0 spiro atoms. The first-order valence-electron chi connectivity index (χ1n) is 11.7. The molecule has 1 unspecified atom stereocenters. The lowest BCUT2D eigenvalue weighted by Crippen LogP contribution is -2.23. The van der Waals surface area contributed by atoms with E-state index < -0.39 is 12.7 Å². The minimum atomic E-state index is -1.12. The maximum absolute atomic E-state index is 13.4. The molecule has 0 saturated carbocycles. The molecule has 9 nitrogen and oxygen atoms in total. The number of carbonyl (C=O) groups excluding carboxylic acids is 1. The number of anilines is 3. The molecule has 13 heteroatoms. The number of aliphatic hydroxyl groups is 2. The van der Waals surface area contributed by atoms with Crippen LogP contribution in [0.5, 0.6) is 11.6 Å². The van der Waals surface area contributed by atoms with Crippen molar-refractivity contribution in [2.45, 2.75) is 30.8 Å². The van der Waals surface area contributed by atoms with Crippen molar-refractivity contribution in [1.29, 1.82) is 0 Å². The molecule has 1 fully saturated rings. The highest BCUT2D eigenvalue weighted by Gasteiger charge is 2.23. The van der Waals surface area contributed by atoms with Gasteiger partial charge in [0.2, 0.25) is 11.8 Å². The maximum atomic E-state index is 13.4. The summed E-state index contributed by atoms with van der Waals surface area (Å²) < 4.78 is 24.7. The number of amides is 1. The fourth-order valence-electron chi connectivity index (χ4n) is 3.44. The van der Waals surface area contributed by atoms with Gasteiger partial charge in [0.1, 0.15) is 42.9 Å². The van der Waals surface area contributed by atoms with Gasteiger partial charge in [-0.15, -0.1) is 0 Å². The Morgan fingerprint density at radius 1 is 1.24 bits per heavy atom. The number of hydrogen-bond acceptors (Lipinski definition) is 10. The van der Waals surface area contributed by atoms with Crippen LogP contribution >= 0.6 is 33.2 Å². The van der Waals surface area contributed by atoms with E-state index in [-0.39, 0.29) is 47.6 Å². The topological polar surface area (TPSA) is 126 Å². The largest absolute Gasteiger partial charge is 0.487 e. The highest BCUT2D eigenvalue weighted by Crippen LogP contribution is 2.40. The summed E-state index contributed by atoms with van der Waals surface area (Å²) in [5.74, 6) is 1.12. The Morgan fingerprint density at radius 2 is 2.11 bits per heavy atom. The number of carbonyl (C=O) groups is 1. The van der Waals surface area contributed by atoms with Gasteiger partial charge in [0.15, 0.2) is 5.82 Å². The molecule has 38 heavy (non-hydrogen) atoms. The smallest absolute Gasteiger partial charge is 0.243 e. The van der Waals surface area contributed by atoms with Crippen LogP contribution in [0.25, 0.3) is 0 Å². The van der Waals surface area contributed by atoms with Gasteiger partial charge in [-0.05, 0) is 42.3 Å². The first-order chi connectivity index (χ1) is 18.4. The van der Waals surface area contributed by atoms with Gasteiger partial charge in [0.25, 0.3) is 0 Å². The average Bonchev–Trinajstić information content (AvgIpc) is 3.41. The summed E-state index contributed by atoms with van der Waals surface area (Å²) in [5.41, 5.74) is 1.41. The second-order valence-electron chi connectivity index (χ2n) is 8.32. The number of benzene rings is 2. The quantitative estimate of drug-likeness (QED) is 0.222. The third-order valence-electron chi connectivity index (χ3n) is 5.32. The summed E-state index contributed by atoms with van der Waals surface area (Å²) in [6.07, 6.45) is 1.39. The third-order valence-corrected chi connectivity index (χ3v) is 8.55. The predicted octanol–water partition coefficient (Wildman–Crippen LogP) is 4.81. The van der Waals surface area contributed by atoms with Crippen molar-refractivity contribution in [3.8, 4) is 11.6 Å². The van der Waals surface area contributed by atoms with Crippen molar-refractivity contribution in [1.82, 2.24) is 9.97 Å². The molecule has 2 aromatic carbocycles. The molecule has 0 bridgehead atoms. The van der Waals surface area contributed by atoms with Gasteiger partial charge in [-0.3, -0.25) is 4.79 Å². The first-order valence-corrected chi connectivity index (χ1v) is 14.5. The van der Waals surface area contributed by atoms with Crippen molar-refractivity contribution < 1.29 is 28.9 Å². The molecule has 4 N–H and O–H groups in total. The Kier molecular flexibility index (Phi) is 10.3.